The second-order valence-corrected chi connectivity index (χ2v) is 6.36. The SMILES string of the molecule is CCN(CC)CCN(CC(C)C)C(=O)c1ncccc1Br. The molecule has 5 heteroatoms. The maximum Gasteiger partial charge on any atom is 0.273 e. The zero-order valence-corrected chi connectivity index (χ0v) is 15.1. The van der Waals surface area contributed by atoms with E-state index in [1.54, 1.807) is 6.20 Å². The number of rotatable bonds is 8. The molecule has 0 fully saturated rings. The molecular weight excluding hydrogens is 330 g/mol. The van der Waals surface area contributed by atoms with Crippen molar-refractivity contribution in [3.8, 4) is 0 Å². The molecule has 0 radical (unpaired) electrons. The standard InChI is InChI=1S/C16H26BrN3O/c1-5-19(6-2)10-11-20(12-13(3)4)16(21)15-14(17)8-7-9-18-15/h7-9,13H,5-6,10-12H2,1-4H3. The van der Waals surface area contributed by atoms with Gasteiger partial charge in [-0.3, -0.25) is 4.79 Å². The highest BCUT2D eigenvalue weighted by atomic mass is 79.9. The summed E-state index contributed by atoms with van der Waals surface area (Å²) in [5.74, 6) is 0.441. The van der Waals surface area contributed by atoms with Gasteiger partial charge >= 0.3 is 0 Å². The molecule has 0 saturated heterocycles. The van der Waals surface area contributed by atoms with Gasteiger partial charge in [0.05, 0.1) is 0 Å². The number of amides is 1. The van der Waals surface area contributed by atoms with Gasteiger partial charge in [0.2, 0.25) is 0 Å². The van der Waals surface area contributed by atoms with E-state index in [0.29, 0.717) is 11.6 Å². The van der Waals surface area contributed by atoms with Crippen LogP contribution in [0.2, 0.25) is 0 Å². The monoisotopic (exact) mass is 355 g/mol. The van der Waals surface area contributed by atoms with Crippen molar-refractivity contribution in [1.29, 1.82) is 0 Å². The van der Waals surface area contributed by atoms with E-state index in [4.69, 9.17) is 0 Å². The maximum atomic E-state index is 12.7. The number of carbonyl (C=O) groups excluding carboxylic acids is 1. The Morgan fingerprint density at radius 3 is 2.48 bits per heavy atom. The molecule has 0 aliphatic carbocycles. The van der Waals surface area contributed by atoms with Crippen molar-refractivity contribution in [2.75, 3.05) is 32.7 Å². The van der Waals surface area contributed by atoms with Crippen LogP contribution < -0.4 is 0 Å². The highest BCUT2D eigenvalue weighted by molar-refractivity contribution is 9.10. The van der Waals surface area contributed by atoms with E-state index in [1.165, 1.54) is 0 Å². The molecule has 0 aliphatic rings. The third-order valence-corrected chi connectivity index (χ3v) is 4.05. The van der Waals surface area contributed by atoms with Crippen molar-refractivity contribution in [3.05, 3.63) is 28.5 Å². The van der Waals surface area contributed by atoms with E-state index in [-0.39, 0.29) is 5.91 Å². The fraction of sp³-hybridized carbons (Fsp3) is 0.625. The summed E-state index contributed by atoms with van der Waals surface area (Å²) in [7, 11) is 0. The number of pyridine rings is 1. The van der Waals surface area contributed by atoms with Gasteiger partial charge in [-0.1, -0.05) is 27.7 Å². The highest BCUT2D eigenvalue weighted by Gasteiger charge is 2.20. The maximum absolute atomic E-state index is 12.7. The molecule has 1 aromatic rings. The van der Waals surface area contributed by atoms with Crippen LogP contribution in [0, 0.1) is 5.92 Å². The second kappa shape index (κ2) is 9.15. The molecule has 0 saturated carbocycles. The zero-order chi connectivity index (χ0) is 15.8. The van der Waals surface area contributed by atoms with E-state index < -0.39 is 0 Å². The molecule has 0 N–H and O–H groups in total. The van der Waals surface area contributed by atoms with Gasteiger partial charge in [-0.25, -0.2) is 4.98 Å². The third-order valence-electron chi connectivity index (χ3n) is 3.41. The molecule has 1 rings (SSSR count). The van der Waals surface area contributed by atoms with E-state index in [0.717, 1.165) is 37.2 Å². The van der Waals surface area contributed by atoms with Crippen LogP contribution in [-0.2, 0) is 0 Å². The Balaban J connectivity index is 2.82. The van der Waals surface area contributed by atoms with Crippen molar-refractivity contribution in [2.45, 2.75) is 27.7 Å². The summed E-state index contributed by atoms with van der Waals surface area (Å²) in [6, 6.07) is 3.68. The summed E-state index contributed by atoms with van der Waals surface area (Å²) in [4.78, 5) is 21.2. The van der Waals surface area contributed by atoms with Crippen molar-refractivity contribution in [2.24, 2.45) is 5.92 Å². The lowest BCUT2D eigenvalue weighted by Gasteiger charge is -2.27. The van der Waals surface area contributed by atoms with E-state index in [9.17, 15) is 4.79 Å². The van der Waals surface area contributed by atoms with Crippen LogP contribution >= 0.6 is 15.9 Å². The molecule has 0 spiro atoms. The van der Waals surface area contributed by atoms with Crippen LogP contribution in [0.15, 0.2) is 22.8 Å². The normalized spacial score (nSPS) is 11.2. The molecule has 118 valence electrons. The van der Waals surface area contributed by atoms with Gasteiger partial charge in [-0.15, -0.1) is 0 Å². The molecule has 1 heterocycles. The first-order chi connectivity index (χ1) is 9.99. The summed E-state index contributed by atoms with van der Waals surface area (Å²) in [5, 5.41) is 0. The summed E-state index contributed by atoms with van der Waals surface area (Å²) in [6.07, 6.45) is 1.66. The Labute approximate surface area is 136 Å². The lowest BCUT2D eigenvalue weighted by molar-refractivity contribution is 0.0709. The quantitative estimate of drug-likeness (QED) is 0.717. The Hall–Kier alpha value is -0.940. The fourth-order valence-electron chi connectivity index (χ4n) is 2.21. The topological polar surface area (TPSA) is 36.4 Å². The molecule has 1 amide bonds. The van der Waals surface area contributed by atoms with Crippen LogP contribution in [0.3, 0.4) is 0 Å². The fourth-order valence-corrected chi connectivity index (χ4v) is 2.64. The molecular formula is C16H26BrN3O. The minimum absolute atomic E-state index is 0.00308. The zero-order valence-electron chi connectivity index (χ0n) is 13.5. The van der Waals surface area contributed by atoms with E-state index >= 15 is 0 Å². The highest BCUT2D eigenvalue weighted by Crippen LogP contribution is 2.16. The molecule has 0 aliphatic heterocycles. The smallest absolute Gasteiger partial charge is 0.273 e. The predicted molar refractivity (Wildman–Crippen MR) is 90.5 cm³/mol. The van der Waals surface area contributed by atoms with E-state index in [1.807, 2.05) is 17.0 Å². The average molecular weight is 356 g/mol. The minimum Gasteiger partial charge on any atom is -0.336 e. The first kappa shape index (κ1) is 18.1. The molecule has 0 bridgehead atoms. The third kappa shape index (κ3) is 5.75. The number of likely N-dealkylation sites (N-methyl/N-ethyl adjacent to an activating group) is 1. The number of halogens is 1. The Kier molecular flexibility index (Phi) is 7.89. The molecule has 0 atom stereocenters. The lowest BCUT2D eigenvalue weighted by Crippen LogP contribution is -2.41. The first-order valence-electron chi connectivity index (χ1n) is 7.61. The summed E-state index contributed by atoms with van der Waals surface area (Å²) in [6.45, 7) is 13.0. The van der Waals surface area contributed by atoms with E-state index in [2.05, 4.69) is 53.5 Å². The predicted octanol–water partition coefficient (Wildman–Crippen LogP) is 3.28. The van der Waals surface area contributed by atoms with Crippen LogP contribution in [0.4, 0.5) is 0 Å². The number of nitrogens with zero attached hydrogens (tertiary/aromatic N) is 3. The van der Waals surface area contributed by atoms with Crippen molar-refractivity contribution >= 4 is 21.8 Å². The van der Waals surface area contributed by atoms with Crippen molar-refractivity contribution < 1.29 is 4.79 Å². The lowest BCUT2D eigenvalue weighted by atomic mass is 10.2. The molecule has 4 nitrogen and oxygen atoms in total. The number of carbonyl (C=O) groups is 1. The number of aromatic nitrogens is 1. The van der Waals surface area contributed by atoms with Crippen LogP contribution in [0.5, 0.6) is 0 Å². The molecule has 0 aromatic carbocycles. The average Bonchev–Trinajstić information content (AvgIpc) is 2.46. The summed E-state index contributed by atoms with van der Waals surface area (Å²) >= 11 is 3.42. The minimum atomic E-state index is 0.00308. The summed E-state index contributed by atoms with van der Waals surface area (Å²) in [5.41, 5.74) is 0.498. The first-order valence-corrected chi connectivity index (χ1v) is 8.41. The van der Waals surface area contributed by atoms with Crippen molar-refractivity contribution in [3.63, 3.8) is 0 Å². The Morgan fingerprint density at radius 2 is 1.95 bits per heavy atom. The van der Waals surface area contributed by atoms with Gasteiger partial charge in [0.1, 0.15) is 5.69 Å². The molecule has 1 aromatic heterocycles. The van der Waals surface area contributed by atoms with Gasteiger partial charge in [-0.05, 0) is 47.1 Å². The number of hydrogen-bond donors (Lipinski definition) is 0. The Morgan fingerprint density at radius 1 is 1.29 bits per heavy atom. The van der Waals surface area contributed by atoms with Crippen LogP contribution in [-0.4, -0.2) is 53.4 Å². The van der Waals surface area contributed by atoms with Gasteiger partial charge in [-0.2, -0.15) is 0 Å². The molecule has 0 unspecified atom stereocenters. The Bertz CT molecular complexity index is 447. The number of hydrogen-bond acceptors (Lipinski definition) is 3. The largest absolute Gasteiger partial charge is 0.336 e. The van der Waals surface area contributed by atoms with Crippen LogP contribution in [0.25, 0.3) is 0 Å². The van der Waals surface area contributed by atoms with Gasteiger partial charge in [0.25, 0.3) is 5.91 Å². The van der Waals surface area contributed by atoms with Gasteiger partial charge < -0.3 is 9.80 Å². The van der Waals surface area contributed by atoms with Crippen molar-refractivity contribution in [1.82, 2.24) is 14.8 Å². The molecule has 21 heavy (non-hydrogen) atoms. The van der Waals surface area contributed by atoms with Gasteiger partial charge in [0.15, 0.2) is 0 Å². The summed E-state index contributed by atoms with van der Waals surface area (Å²) < 4.78 is 0.756. The van der Waals surface area contributed by atoms with Gasteiger partial charge in [0, 0.05) is 30.3 Å². The van der Waals surface area contributed by atoms with Crippen LogP contribution in [0.1, 0.15) is 38.2 Å². The second-order valence-electron chi connectivity index (χ2n) is 5.51.